The smallest absolute Gasteiger partial charge is 0.203 e. The summed E-state index contributed by atoms with van der Waals surface area (Å²) in [6.45, 7) is 2.17. The van der Waals surface area contributed by atoms with Gasteiger partial charge < -0.3 is 14.2 Å². The molecule has 0 unspecified atom stereocenters. The normalized spacial score (nSPS) is 10.7. The predicted octanol–water partition coefficient (Wildman–Crippen LogP) is 3.70. The van der Waals surface area contributed by atoms with Crippen molar-refractivity contribution in [1.29, 1.82) is 0 Å². The highest BCUT2D eigenvalue weighted by Crippen LogP contribution is 2.40. The molecule has 6 heteroatoms. The van der Waals surface area contributed by atoms with Gasteiger partial charge in [0.2, 0.25) is 5.75 Å². The highest BCUT2D eigenvalue weighted by Gasteiger charge is 2.18. The van der Waals surface area contributed by atoms with E-state index in [2.05, 4.69) is 27.0 Å². The molecule has 146 valence electrons. The summed E-state index contributed by atoms with van der Waals surface area (Å²) in [6.07, 6.45) is 7.35. The number of methoxy groups -OCH3 is 3. The highest BCUT2D eigenvalue weighted by atomic mass is 16.5. The third-order valence-electron chi connectivity index (χ3n) is 4.44. The summed E-state index contributed by atoms with van der Waals surface area (Å²) in [5.41, 5.74) is 3.31. The molecule has 1 aromatic carbocycles. The summed E-state index contributed by atoms with van der Waals surface area (Å²) in [5, 5.41) is 0. The molecule has 0 aliphatic rings. The van der Waals surface area contributed by atoms with Crippen LogP contribution in [-0.4, -0.2) is 36.2 Å². The molecule has 3 aromatic rings. The Morgan fingerprint density at radius 1 is 0.714 bits per heavy atom. The molecule has 0 aliphatic heterocycles. The van der Waals surface area contributed by atoms with Crippen molar-refractivity contribution in [2.75, 3.05) is 21.3 Å². The Kier molecular flexibility index (Phi) is 6.81. The number of aromatic nitrogens is 2. The first kappa shape index (κ1) is 19.6. The van der Waals surface area contributed by atoms with Crippen molar-refractivity contribution in [2.24, 2.45) is 0 Å². The monoisotopic (exact) mass is 379 g/mol. The molecule has 2 heterocycles. The summed E-state index contributed by atoms with van der Waals surface area (Å²) in [4.78, 5) is 10.8. The molecular formula is C22H25N3O3. The van der Waals surface area contributed by atoms with Crippen LogP contribution in [-0.2, 0) is 19.6 Å². The van der Waals surface area contributed by atoms with Crippen LogP contribution in [0.3, 0.4) is 0 Å². The Bertz CT molecular complexity index is 831. The lowest BCUT2D eigenvalue weighted by Crippen LogP contribution is -2.23. The summed E-state index contributed by atoms with van der Waals surface area (Å²) >= 11 is 0. The molecule has 2 aromatic heterocycles. The molecular weight excluding hydrogens is 354 g/mol. The van der Waals surface area contributed by atoms with Crippen LogP contribution in [0.1, 0.15) is 16.7 Å². The van der Waals surface area contributed by atoms with Gasteiger partial charge in [-0.15, -0.1) is 0 Å². The number of pyridine rings is 2. The van der Waals surface area contributed by atoms with Crippen molar-refractivity contribution in [3.63, 3.8) is 0 Å². The molecule has 0 bridgehead atoms. The highest BCUT2D eigenvalue weighted by molar-refractivity contribution is 5.55. The quantitative estimate of drug-likeness (QED) is 0.565. The molecule has 0 saturated carbocycles. The second-order valence-electron chi connectivity index (χ2n) is 6.36. The minimum Gasteiger partial charge on any atom is -0.493 e. The lowest BCUT2D eigenvalue weighted by atomic mass is 10.1. The van der Waals surface area contributed by atoms with Crippen LogP contribution in [0.25, 0.3) is 0 Å². The largest absolute Gasteiger partial charge is 0.493 e. The topological polar surface area (TPSA) is 56.7 Å². The van der Waals surface area contributed by atoms with E-state index in [1.165, 1.54) is 0 Å². The van der Waals surface area contributed by atoms with E-state index in [-0.39, 0.29) is 0 Å². The fourth-order valence-corrected chi connectivity index (χ4v) is 3.20. The van der Waals surface area contributed by atoms with Crippen LogP contribution in [0.2, 0.25) is 0 Å². The second kappa shape index (κ2) is 9.71. The van der Waals surface area contributed by atoms with E-state index in [1.807, 2.05) is 36.7 Å². The molecule has 0 amide bonds. The van der Waals surface area contributed by atoms with Crippen LogP contribution >= 0.6 is 0 Å². The summed E-state index contributed by atoms with van der Waals surface area (Å²) in [7, 11) is 4.88. The van der Waals surface area contributed by atoms with Gasteiger partial charge in [-0.3, -0.25) is 14.9 Å². The zero-order valence-electron chi connectivity index (χ0n) is 16.5. The number of hydrogen-bond acceptors (Lipinski definition) is 6. The molecule has 0 N–H and O–H groups in total. The number of ether oxygens (including phenoxy) is 3. The van der Waals surface area contributed by atoms with Crippen molar-refractivity contribution in [1.82, 2.24) is 14.9 Å². The first-order valence-corrected chi connectivity index (χ1v) is 9.03. The van der Waals surface area contributed by atoms with Crippen molar-refractivity contribution >= 4 is 0 Å². The zero-order chi connectivity index (χ0) is 19.8. The van der Waals surface area contributed by atoms with E-state index in [0.29, 0.717) is 23.8 Å². The Morgan fingerprint density at radius 3 is 1.79 bits per heavy atom. The fraction of sp³-hybridized carbons (Fsp3) is 0.273. The van der Waals surface area contributed by atoms with Crippen LogP contribution in [0.15, 0.2) is 61.2 Å². The summed E-state index contributed by atoms with van der Waals surface area (Å²) in [5.74, 6) is 1.93. The first-order valence-electron chi connectivity index (χ1n) is 9.03. The third-order valence-corrected chi connectivity index (χ3v) is 4.44. The fourth-order valence-electron chi connectivity index (χ4n) is 3.20. The number of benzene rings is 1. The van der Waals surface area contributed by atoms with Crippen molar-refractivity contribution in [3.05, 3.63) is 77.9 Å². The van der Waals surface area contributed by atoms with Gasteiger partial charge in [0.1, 0.15) is 0 Å². The van der Waals surface area contributed by atoms with Gasteiger partial charge in [-0.1, -0.05) is 18.2 Å². The van der Waals surface area contributed by atoms with Crippen molar-refractivity contribution in [3.8, 4) is 17.2 Å². The average Bonchev–Trinajstić information content (AvgIpc) is 2.74. The maximum absolute atomic E-state index is 5.65. The molecule has 0 aliphatic carbocycles. The maximum Gasteiger partial charge on any atom is 0.203 e. The third kappa shape index (κ3) is 4.78. The summed E-state index contributed by atoms with van der Waals surface area (Å²) in [6, 6.07) is 12.0. The molecule has 0 saturated heterocycles. The number of nitrogens with zero attached hydrogens (tertiary/aromatic N) is 3. The van der Waals surface area contributed by atoms with E-state index in [4.69, 9.17) is 14.2 Å². The van der Waals surface area contributed by atoms with E-state index in [9.17, 15) is 0 Å². The van der Waals surface area contributed by atoms with Gasteiger partial charge in [0.25, 0.3) is 0 Å². The Morgan fingerprint density at radius 2 is 1.32 bits per heavy atom. The Hall–Kier alpha value is -3.12. The van der Waals surface area contributed by atoms with Gasteiger partial charge in [-0.05, 0) is 29.3 Å². The second-order valence-corrected chi connectivity index (χ2v) is 6.36. The van der Waals surface area contributed by atoms with Crippen LogP contribution < -0.4 is 14.2 Å². The maximum atomic E-state index is 5.65. The van der Waals surface area contributed by atoms with E-state index in [0.717, 1.165) is 29.8 Å². The average molecular weight is 379 g/mol. The Labute approximate surface area is 165 Å². The number of rotatable bonds is 9. The van der Waals surface area contributed by atoms with Gasteiger partial charge in [0.05, 0.1) is 21.3 Å². The molecule has 0 radical (unpaired) electrons. The van der Waals surface area contributed by atoms with Crippen LogP contribution in [0.4, 0.5) is 0 Å². The van der Waals surface area contributed by atoms with Gasteiger partial charge in [-0.25, -0.2) is 0 Å². The van der Waals surface area contributed by atoms with Gasteiger partial charge in [0, 0.05) is 50.0 Å². The predicted molar refractivity (Wildman–Crippen MR) is 108 cm³/mol. The minimum absolute atomic E-state index is 0.602. The molecule has 0 fully saturated rings. The number of hydrogen-bond donors (Lipinski definition) is 0. The van der Waals surface area contributed by atoms with Crippen molar-refractivity contribution < 1.29 is 14.2 Å². The van der Waals surface area contributed by atoms with E-state index < -0.39 is 0 Å². The zero-order valence-corrected chi connectivity index (χ0v) is 16.5. The molecule has 0 spiro atoms. The SMILES string of the molecule is COc1ccc(CN(Cc2cccnc2)Cc2cccnc2)c(OC)c1OC. The lowest BCUT2D eigenvalue weighted by molar-refractivity contribution is 0.240. The van der Waals surface area contributed by atoms with Crippen LogP contribution in [0.5, 0.6) is 17.2 Å². The first-order chi connectivity index (χ1) is 13.7. The molecule has 0 atom stereocenters. The molecule has 6 nitrogen and oxygen atoms in total. The Balaban J connectivity index is 1.90. The standard InChI is InChI=1S/C22H25N3O3/c1-26-20-9-8-19(21(27-2)22(20)28-3)16-25(14-17-6-4-10-23-12-17)15-18-7-5-11-24-13-18/h4-13H,14-16H2,1-3H3. The van der Waals surface area contributed by atoms with Gasteiger partial charge in [0.15, 0.2) is 11.5 Å². The van der Waals surface area contributed by atoms with Crippen LogP contribution in [0, 0.1) is 0 Å². The molecule has 28 heavy (non-hydrogen) atoms. The van der Waals surface area contributed by atoms with E-state index >= 15 is 0 Å². The summed E-state index contributed by atoms with van der Waals surface area (Å²) < 4.78 is 16.6. The minimum atomic E-state index is 0.602. The van der Waals surface area contributed by atoms with Crippen molar-refractivity contribution in [2.45, 2.75) is 19.6 Å². The van der Waals surface area contributed by atoms with E-state index in [1.54, 1.807) is 33.7 Å². The van der Waals surface area contributed by atoms with Gasteiger partial charge in [-0.2, -0.15) is 0 Å². The molecule has 3 rings (SSSR count). The van der Waals surface area contributed by atoms with Gasteiger partial charge >= 0.3 is 0 Å². The lowest BCUT2D eigenvalue weighted by Gasteiger charge is -2.24.